The number of rotatable bonds is 3. The molecular formula is C9H12N2O4. The number of furan rings is 1. The lowest BCUT2D eigenvalue weighted by Crippen LogP contribution is -2.34. The Hall–Kier alpha value is -1.56. The van der Waals surface area contributed by atoms with Crippen molar-refractivity contribution in [1.82, 2.24) is 5.32 Å². The van der Waals surface area contributed by atoms with E-state index in [-0.39, 0.29) is 17.9 Å². The van der Waals surface area contributed by atoms with E-state index in [0.717, 1.165) is 25.9 Å². The van der Waals surface area contributed by atoms with Crippen molar-refractivity contribution < 1.29 is 14.1 Å². The quantitative estimate of drug-likeness (QED) is 0.603. The minimum atomic E-state index is -0.574. The fourth-order valence-corrected chi connectivity index (χ4v) is 1.55. The van der Waals surface area contributed by atoms with Crippen molar-refractivity contribution >= 4 is 5.88 Å². The van der Waals surface area contributed by atoms with Crippen LogP contribution in [0.25, 0.3) is 0 Å². The van der Waals surface area contributed by atoms with E-state index in [2.05, 4.69) is 5.32 Å². The standard InChI is InChI=1S/C9H12N2O4/c12-11(13)8-1-2-9(15-8)14-7-3-5-10-6-4-7/h1-2,7,10H,3-6H2. The Balaban J connectivity index is 1.94. The van der Waals surface area contributed by atoms with Crippen molar-refractivity contribution in [3.05, 3.63) is 22.2 Å². The first-order valence-electron chi connectivity index (χ1n) is 4.87. The highest BCUT2D eigenvalue weighted by atomic mass is 16.7. The molecule has 0 bridgehead atoms. The Morgan fingerprint density at radius 3 is 2.80 bits per heavy atom. The second-order valence-electron chi connectivity index (χ2n) is 3.42. The molecule has 0 aromatic carbocycles. The zero-order valence-electron chi connectivity index (χ0n) is 8.14. The highest BCUT2D eigenvalue weighted by Gasteiger charge is 2.18. The first-order valence-corrected chi connectivity index (χ1v) is 4.87. The molecule has 1 N–H and O–H groups in total. The summed E-state index contributed by atoms with van der Waals surface area (Å²) in [6.45, 7) is 1.82. The van der Waals surface area contributed by atoms with Crippen LogP contribution in [0.1, 0.15) is 12.8 Å². The molecule has 15 heavy (non-hydrogen) atoms. The van der Waals surface area contributed by atoms with Crippen LogP contribution < -0.4 is 10.1 Å². The number of nitrogens with one attached hydrogen (secondary N) is 1. The first-order chi connectivity index (χ1) is 7.25. The summed E-state index contributed by atoms with van der Waals surface area (Å²) in [6.07, 6.45) is 1.89. The van der Waals surface area contributed by atoms with E-state index in [1.165, 1.54) is 12.1 Å². The highest BCUT2D eigenvalue weighted by Crippen LogP contribution is 2.24. The maximum atomic E-state index is 10.4. The predicted octanol–water partition coefficient (Wildman–Crippen LogP) is 1.32. The Bertz CT molecular complexity index is 344. The lowest BCUT2D eigenvalue weighted by molar-refractivity contribution is -0.402. The van der Waals surface area contributed by atoms with E-state index in [9.17, 15) is 10.1 Å². The Labute approximate surface area is 86.4 Å². The summed E-state index contributed by atoms with van der Waals surface area (Å²) in [5.74, 6) is -0.0486. The van der Waals surface area contributed by atoms with Crippen LogP contribution in [0.4, 0.5) is 5.88 Å². The van der Waals surface area contributed by atoms with Crippen molar-refractivity contribution in [2.75, 3.05) is 13.1 Å². The van der Waals surface area contributed by atoms with Gasteiger partial charge in [0.15, 0.2) is 0 Å². The molecule has 2 heterocycles. The fraction of sp³-hybridized carbons (Fsp3) is 0.556. The van der Waals surface area contributed by atoms with Crippen LogP contribution in [0.2, 0.25) is 0 Å². The van der Waals surface area contributed by atoms with Crippen LogP contribution in [-0.2, 0) is 0 Å². The van der Waals surface area contributed by atoms with Crippen molar-refractivity contribution in [2.24, 2.45) is 0 Å². The van der Waals surface area contributed by atoms with Gasteiger partial charge in [-0.2, -0.15) is 0 Å². The van der Waals surface area contributed by atoms with Crippen LogP contribution in [0.3, 0.4) is 0 Å². The van der Waals surface area contributed by atoms with Crippen molar-refractivity contribution in [3.63, 3.8) is 0 Å². The molecule has 0 atom stereocenters. The average Bonchev–Trinajstić information content (AvgIpc) is 2.68. The van der Waals surface area contributed by atoms with Gasteiger partial charge in [0.1, 0.15) is 11.0 Å². The topological polar surface area (TPSA) is 77.5 Å². The summed E-state index contributed by atoms with van der Waals surface area (Å²) in [7, 11) is 0. The molecule has 1 aliphatic rings. The molecule has 6 nitrogen and oxygen atoms in total. The highest BCUT2D eigenvalue weighted by molar-refractivity contribution is 5.21. The molecule has 0 saturated carbocycles. The number of nitro groups is 1. The normalized spacial score (nSPS) is 17.6. The van der Waals surface area contributed by atoms with Gasteiger partial charge >= 0.3 is 5.88 Å². The minimum Gasteiger partial charge on any atom is -0.462 e. The molecule has 1 aromatic heterocycles. The number of hydrogen-bond acceptors (Lipinski definition) is 5. The van der Waals surface area contributed by atoms with Crippen LogP contribution in [0.15, 0.2) is 16.5 Å². The second-order valence-corrected chi connectivity index (χ2v) is 3.42. The van der Waals surface area contributed by atoms with Gasteiger partial charge in [-0.3, -0.25) is 10.1 Å². The van der Waals surface area contributed by atoms with E-state index >= 15 is 0 Å². The summed E-state index contributed by atoms with van der Waals surface area (Å²) >= 11 is 0. The molecule has 0 radical (unpaired) electrons. The molecule has 82 valence electrons. The Morgan fingerprint density at radius 1 is 1.47 bits per heavy atom. The van der Waals surface area contributed by atoms with Gasteiger partial charge in [-0.25, -0.2) is 0 Å². The van der Waals surface area contributed by atoms with Crippen molar-refractivity contribution in [1.29, 1.82) is 0 Å². The molecule has 1 aliphatic heterocycles. The van der Waals surface area contributed by atoms with E-state index < -0.39 is 4.92 Å². The maximum Gasteiger partial charge on any atom is 0.436 e. The third-order valence-corrected chi connectivity index (χ3v) is 2.32. The largest absolute Gasteiger partial charge is 0.462 e. The number of nitrogens with zero attached hydrogens (tertiary/aromatic N) is 1. The third-order valence-electron chi connectivity index (χ3n) is 2.32. The molecule has 2 rings (SSSR count). The van der Waals surface area contributed by atoms with Gasteiger partial charge in [-0.1, -0.05) is 0 Å². The molecule has 1 saturated heterocycles. The Morgan fingerprint density at radius 2 is 2.20 bits per heavy atom. The van der Waals surface area contributed by atoms with Gasteiger partial charge in [0.25, 0.3) is 5.95 Å². The van der Waals surface area contributed by atoms with Gasteiger partial charge in [-0.15, -0.1) is 0 Å². The van der Waals surface area contributed by atoms with Crippen molar-refractivity contribution in [2.45, 2.75) is 18.9 Å². The molecule has 0 spiro atoms. The molecule has 0 unspecified atom stereocenters. The van der Waals surface area contributed by atoms with Crippen LogP contribution >= 0.6 is 0 Å². The van der Waals surface area contributed by atoms with E-state index in [4.69, 9.17) is 9.15 Å². The number of piperidine rings is 1. The average molecular weight is 212 g/mol. The molecule has 1 aromatic rings. The van der Waals surface area contributed by atoms with Gasteiger partial charge in [0, 0.05) is 6.07 Å². The SMILES string of the molecule is O=[N+]([O-])c1ccc(OC2CCNCC2)o1. The third kappa shape index (κ3) is 2.47. The van der Waals surface area contributed by atoms with Gasteiger partial charge in [0.2, 0.25) is 0 Å². The van der Waals surface area contributed by atoms with Crippen LogP contribution in [0, 0.1) is 10.1 Å². The smallest absolute Gasteiger partial charge is 0.436 e. The summed E-state index contributed by atoms with van der Waals surface area (Å²) in [4.78, 5) is 9.78. The lowest BCUT2D eigenvalue weighted by atomic mass is 10.1. The lowest BCUT2D eigenvalue weighted by Gasteiger charge is -2.22. The van der Waals surface area contributed by atoms with Gasteiger partial charge in [-0.05, 0) is 25.9 Å². The summed E-state index contributed by atoms with van der Waals surface area (Å²) in [6, 6.07) is 2.79. The molecule has 1 fully saturated rings. The van der Waals surface area contributed by atoms with Crippen LogP contribution in [0.5, 0.6) is 5.95 Å². The molecular weight excluding hydrogens is 200 g/mol. The number of ether oxygens (including phenoxy) is 1. The van der Waals surface area contributed by atoms with E-state index in [1.807, 2.05) is 0 Å². The van der Waals surface area contributed by atoms with Gasteiger partial charge in [0.05, 0.1) is 6.07 Å². The monoisotopic (exact) mass is 212 g/mol. The second kappa shape index (κ2) is 4.31. The Kier molecular flexibility index (Phi) is 2.86. The minimum absolute atomic E-state index is 0.0944. The zero-order valence-corrected chi connectivity index (χ0v) is 8.14. The van der Waals surface area contributed by atoms with E-state index in [1.54, 1.807) is 0 Å². The number of hydrogen-bond donors (Lipinski definition) is 1. The zero-order chi connectivity index (χ0) is 10.7. The van der Waals surface area contributed by atoms with Gasteiger partial charge < -0.3 is 14.5 Å². The summed E-state index contributed by atoms with van der Waals surface area (Å²) < 4.78 is 10.4. The summed E-state index contributed by atoms with van der Waals surface area (Å²) in [5.41, 5.74) is 0. The predicted molar refractivity (Wildman–Crippen MR) is 51.9 cm³/mol. The molecule has 0 amide bonds. The first kappa shape index (κ1) is 9.97. The molecule has 6 heteroatoms. The maximum absolute atomic E-state index is 10.4. The molecule has 0 aliphatic carbocycles. The van der Waals surface area contributed by atoms with Crippen LogP contribution in [-0.4, -0.2) is 24.1 Å². The fourth-order valence-electron chi connectivity index (χ4n) is 1.55. The van der Waals surface area contributed by atoms with Crippen molar-refractivity contribution in [3.8, 4) is 5.95 Å². The summed E-state index contributed by atoms with van der Waals surface area (Å²) in [5, 5.41) is 13.6. The van der Waals surface area contributed by atoms with E-state index in [0.29, 0.717) is 0 Å².